The molecule has 0 amide bonds. The van der Waals surface area contributed by atoms with Crippen LogP contribution in [0.4, 0.5) is 0 Å². The highest BCUT2D eigenvalue weighted by Crippen LogP contribution is 2.08. The van der Waals surface area contributed by atoms with Gasteiger partial charge in [0.2, 0.25) is 0 Å². The van der Waals surface area contributed by atoms with Crippen LogP contribution in [0.3, 0.4) is 0 Å². The zero-order valence-electron chi connectivity index (χ0n) is 11.1. The van der Waals surface area contributed by atoms with Crippen LogP contribution in [0.15, 0.2) is 53.6 Å². The Morgan fingerprint density at radius 3 is 2.50 bits per heavy atom. The van der Waals surface area contributed by atoms with Crippen molar-refractivity contribution in [2.45, 2.75) is 27.4 Å². The Kier molecular flexibility index (Phi) is 5.71. The van der Waals surface area contributed by atoms with E-state index in [1.54, 1.807) is 0 Å². The van der Waals surface area contributed by atoms with E-state index in [0.29, 0.717) is 6.61 Å². The van der Waals surface area contributed by atoms with Crippen molar-refractivity contribution in [1.29, 1.82) is 0 Å². The molecule has 0 saturated carbocycles. The van der Waals surface area contributed by atoms with E-state index in [-0.39, 0.29) is 0 Å². The molecule has 0 aromatic heterocycles. The van der Waals surface area contributed by atoms with Gasteiger partial charge in [-0.1, -0.05) is 30.3 Å². The van der Waals surface area contributed by atoms with Gasteiger partial charge in [-0.3, -0.25) is 4.79 Å². The summed E-state index contributed by atoms with van der Waals surface area (Å²) in [6.45, 7) is 6.20. The molecule has 3 heteroatoms. The molecule has 18 heavy (non-hydrogen) atoms. The van der Waals surface area contributed by atoms with Crippen molar-refractivity contribution >= 4 is 6.29 Å². The zero-order valence-corrected chi connectivity index (χ0v) is 11.1. The highest BCUT2D eigenvalue weighted by Gasteiger charge is 1.99. The summed E-state index contributed by atoms with van der Waals surface area (Å²) in [6, 6.07) is 9.99. The Morgan fingerprint density at radius 2 is 1.89 bits per heavy atom. The fraction of sp³-hybridized carbons (Fsp3) is 0.267. The number of nitrogens with one attached hydrogen (secondary N) is 1. The van der Waals surface area contributed by atoms with Crippen molar-refractivity contribution in [3.8, 4) is 0 Å². The van der Waals surface area contributed by atoms with Crippen molar-refractivity contribution in [2.24, 2.45) is 0 Å². The molecule has 1 aromatic rings. The minimum Gasteiger partial charge on any atom is -0.492 e. The normalized spacial score (nSPS) is 12.7. The third-order valence-electron chi connectivity index (χ3n) is 2.53. The monoisotopic (exact) mass is 245 g/mol. The second-order valence-electron chi connectivity index (χ2n) is 4.07. The highest BCUT2D eigenvalue weighted by atomic mass is 16.5. The van der Waals surface area contributed by atoms with Gasteiger partial charge in [-0.15, -0.1) is 0 Å². The molecule has 0 radical (unpaired) electrons. The summed E-state index contributed by atoms with van der Waals surface area (Å²) < 4.78 is 5.67. The van der Waals surface area contributed by atoms with E-state index >= 15 is 0 Å². The van der Waals surface area contributed by atoms with Crippen molar-refractivity contribution in [3.63, 3.8) is 0 Å². The fourth-order valence-electron chi connectivity index (χ4n) is 1.40. The molecule has 96 valence electrons. The first-order valence-corrected chi connectivity index (χ1v) is 5.86. The van der Waals surface area contributed by atoms with Crippen LogP contribution in [0, 0.1) is 0 Å². The number of benzene rings is 1. The van der Waals surface area contributed by atoms with Gasteiger partial charge in [-0.05, 0) is 32.4 Å². The molecule has 0 atom stereocenters. The summed E-state index contributed by atoms with van der Waals surface area (Å²) in [5, 5.41) is 3.10. The summed E-state index contributed by atoms with van der Waals surface area (Å²) in [4.78, 5) is 10.3. The number of rotatable bonds is 6. The number of hydrogen-bond donors (Lipinski definition) is 1. The Labute approximate surface area is 108 Å². The van der Waals surface area contributed by atoms with Crippen LogP contribution in [0.25, 0.3) is 0 Å². The molecule has 0 heterocycles. The molecule has 0 aliphatic rings. The number of hydrogen-bond acceptors (Lipinski definition) is 3. The van der Waals surface area contributed by atoms with Gasteiger partial charge in [0, 0.05) is 11.4 Å². The van der Waals surface area contributed by atoms with Gasteiger partial charge < -0.3 is 10.1 Å². The average Bonchev–Trinajstić information content (AvgIpc) is 2.37. The minimum atomic E-state index is 0.544. The molecule has 1 rings (SSSR count). The van der Waals surface area contributed by atoms with Crippen LogP contribution in [0.2, 0.25) is 0 Å². The zero-order chi connectivity index (χ0) is 13.4. The van der Waals surface area contributed by atoms with Gasteiger partial charge in [-0.25, -0.2) is 0 Å². The molecule has 0 unspecified atom stereocenters. The van der Waals surface area contributed by atoms with Crippen LogP contribution in [0.1, 0.15) is 26.3 Å². The highest BCUT2D eigenvalue weighted by molar-refractivity contribution is 5.65. The summed E-state index contributed by atoms with van der Waals surface area (Å²) >= 11 is 0. The van der Waals surface area contributed by atoms with Crippen LogP contribution in [-0.4, -0.2) is 6.29 Å². The van der Waals surface area contributed by atoms with Crippen molar-refractivity contribution in [3.05, 3.63) is 59.1 Å². The second-order valence-corrected chi connectivity index (χ2v) is 4.07. The van der Waals surface area contributed by atoms with Crippen LogP contribution in [-0.2, 0) is 16.1 Å². The van der Waals surface area contributed by atoms with Crippen LogP contribution >= 0.6 is 0 Å². The third-order valence-corrected chi connectivity index (χ3v) is 2.53. The first kappa shape index (κ1) is 14.0. The molecule has 1 aromatic carbocycles. The maximum atomic E-state index is 10.3. The van der Waals surface area contributed by atoms with E-state index in [1.165, 1.54) is 6.08 Å². The van der Waals surface area contributed by atoms with Crippen LogP contribution < -0.4 is 5.32 Å². The number of carbonyl (C=O) groups is 1. The molecule has 0 aliphatic carbocycles. The number of ether oxygens (including phenoxy) is 1. The van der Waals surface area contributed by atoms with E-state index in [0.717, 1.165) is 29.0 Å². The third kappa shape index (κ3) is 4.87. The lowest BCUT2D eigenvalue weighted by Gasteiger charge is -2.12. The summed E-state index contributed by atoms with van der Waals surface area (Å²) in [7, 11) is 0. The van der Waals surface area contributed by atoms with Crippen molar-refractivity contribution in [1.82, 2.24) is 5.32 Å². The molecule has 1 N–H and O–H groups in total. The molecular formula is C15H19NO2. The summed E-state index contributed by atoms with van der Waals surface area (Å²) in [5.41, 5.74) is 2.83. The van der Waals surface area contributed by atoms with Crippen LogP contribution in [0.5, 0.6) is 0 Å². The predicted molar refractivity (Wildman–Crippen MR) is 72.6 cm³/mol. The Hall–Kier alpha value is -2.03. The van der Waals surface area contributed by atoms with Gasteiger partial charge in [0.1, 0.15) is 18.7 Å². The largest absolute Gasteiger partial charge is 0.492 e. The maximum Gasteiger partial charge on any atom is 0.144 e. The lowest BCUT2D eigenvalue weighted by Crippen LogP contribution is -2.11. The molecular weight excluding hydrogens is 226 g/mol. The van der Waals surface area contributed by atoms with E-state index in [1.807, 2.05) is 51.1 Å². The first-order chi connectivity index (χ1) is 8.63. The Morgan fingerprint density at radius 1 is 1.22 bits per heavy atom. The molecule has 0 spiro atoms. The van der Waals surface area contributed by atoms with Gasteiger partial charge in [0.25, 0.3) is 0 Å². The Balaban J connectivity index is 2.55. The molecule has 0 bridgehead atoms. The maximum absolute atomic E-state index is 10.3. The van der Waals surface area contributed by atoms with Gasteiger partial charge in [0.15, 0.2) is 0 Å². The molecule has 0 fully saturated rings. The second kappa shape index (κ2) is 7.33. The van der Waals surface area contributed by atoms with Crippen molar-refractivity contribution < 1.29 is 9.53 Å². The predicted octanol–water partition coefficient (Wildman–Crippen LogP) is 3.15. The van der Waals surface area contributed by atoms with Gasteiger partial charge >= 0.3 is 0 Å². The van der Waals surface area contributed by atoms with E-state index < -0.39 is 0 Å². The lowest BCUT2D eigenvalue weighted by atomic mass is 10.2. The molecule has 3 nitrogen and oxygen atoms in total. The van der Waals surface area contributed by atoms with E-state index in [2.05, 4.69) is 5.32 Å². The first-order valence-electron chi connectivity index (χ1n) is 5.86. The molecule has 0 saturated heterocycles. The Bertz CT molecular complexity index is 447. The van der Waals surface area contributed by atoms with E-state index in [9.17, 15) is 4.79 Å². The quantitative estimate of drug-likeness (QED) is 0.475. The standard InChI is InChI=1S/C15H19NO2/c1-12(9-10-17)16-13(2)14(3)18-11-15-7-5-4-6-8-15/h4-10,16H,11H2,1-3H3/b12-9-,14-13+. The fourth-order valence-corrected chi connectivity index (χ4v) is 1.40. The number of carbonyl (C=O) groups excluding carboxylic acids is 1. The van der Waals surface area contributed by atoms with Crippen molar-refractivity contribution in [2.75, 3.05) is 0 Å². The SMILES string of the molecule is C/C(=C/C=O)N/C(C)=C(\C)OCc1ccccc1. The average molecular weight is 245 g/mol. The number of aldehydes is 1. The summed E-state index contributed by atoms with van der Waals surface area (Å²) in [5.74, 6) is 0.817. The lowest BCUT2D eigenvalue weighted by molar-refractivity contribution is -0.104. The van der Waals surface area contributed by atoms with Gasteiger partial charge in [-0.2, -0.15) is 0 Å². The minimum absolute atomic E-state index is 0.544. The number of allylic oxidation sites excluding steroid dienone is 4. The van der Waals surface area contributed by atoms with E-state index in [4.69, 9.17) is 4.74 Å². The topological polar surface area (TPSA) is 38.3 Å². The smallest absolute Gasteiger partial charge is 0.144 e. The molecule has 0 aliphatic heterocycles. The summed E-state index contributed by atoms with van der Waals surface area (Å²) in [6.07, 6.45) is 2.24. The van der Waals surface area contributed by atoms with Gasteiger partial charge in [0.05, 0.1) is 0 Å².